The van der Waals surface area contributed by atoms with Crippen molar-refractivity contribution in [3.8, 4) is 0 Å². The SMILES string of the molecule is C[C@H](N)C(=O)OC1CCOCC1.Cl. The van der Waals surface area contributed by atoms with E-state index in [0.29, 0.717) is 13.2 Å². The first-order valence-electron chi connectivity index (χ1n) is 4.24. The van der Waals surface area contributed by atoms with Gasteiger partial charge in [-0.3, -0.25) is 4.79 Å². The van der Waals surface area contributed by atoms with Crippen molar-refractivity contribution in [2.75, 3.05) is 13.2 Å². The lowest BCUT2D eigenvalue weighted by atomic mass is 10.1. The van der Waals surface area contributed by atoms with Gasteiger partial charge in [-0.05, 0) is 6.92 Å². The maximum absolute atomic E-state index is 11.0. The van der Waals surface area contributed by atoms with E-state index in [1.807, 2.05) is 0 Å². The Morgan fingerprint density at radius 1 is 1.54 bits per heavy atom. The molecular formula is C8H16ClNO3. The highest BCUT2D eigenvalue weighted by atomic mass is 35.5. The third kappa shape index (κ3) is 4.45. The minimum Gasteiger partial charge on any atom is -0.461 e. The lowest BCUT2D eigenvalue weighted by molar-refractivity contribution is -0.154. The summed E-state index contributed by atoms with van der Waals surface area (Å²) in [6, 6.07) is -0.521. The van der Waals surface area contributed by atoms with Crippen molar-refractivity contribution in [1.82, 2.24) is 0 Å². The molecule has 0 amide bonds. The third-order valence-corrected chi connectivity index (χ3v) is 1.82. The van der Waals surface area contributed by atoms with Gasteiger partial charge in [0.1, 0.15) is 12.1 Å². The molecule has 0 spiro atoms. The molecule has 2 N–H and O–H groups in total. The van der Waals surface area contributed by atoms with Gasteiger partial charge in [-0.25, -0.2) is 0 Å². The van der Waals surface area contributed by atoms with Crippen LogP contribution < -0.4 is 5.73 Å². The quantitative estimate of drug-likeness (QED) is 0.672. The van der Waals surface area contributed by atoms with E-state index in [4.69, 9.17) is 15.2 Å². The molecule has 1 saturated heterocycles. The highest BCUT2D eigenvalue weighted by Crippen LogP contribution is 2.10. The molecule has 1 aliphatic heterocycles. The summed E-state index contributed by atoms with van der Waals surface area (Å²) in [7, 11) is 0. The lowest BCUT2D eigenvalue weighted by Crippen LogP contribution is -2.34. The van der Waals surface area contributed by atoms with Crippen LogP contribution in [0.3, 0.4) is 0 Å². The first-order chi connectivity index (χ1) is 5.70. The van der Waals surface area contributed by atoms with Crippen molar-refractivity contribution >= 4 is 18.4 Å². The Balaban J connectivity index is 0.00000144. The van der Waals surface area contributed by atoms with Gasteiger partial charge in [-0.1, -0.05) is 0 Å². The van der Waals surface area contributed by atoms with Gasteiger partial charge in [0, 0.05) is 12.8 Å². The average Bonchev–Trinajstić information content (AvgIpc) is 2.06. The van der Waals surface area contributed by atoms with E-state index in [9.17, 15) is 4.79 Å². The van der Waals surface area contributed by atoms with Crippen LogP contribution in [0.25, 0.3) is 0 Å². The van der Waals surface area contributed by atoms with Crippen LogP contribution >= 0.6 is 12.4 Å². The third-order valence-electron chi connectivity index (χ3n) is 1.82. The highest BCUT2D eigenvalue weighted by Gasteiger charge is 2.19. The molecule has 4 nitrogen and oxygen atoms in total. The Labute approximate surface area is 84.2 Å². The number of rotatable bonds is 2. The number of hydrogen-bond acceptors (Lipinski definition) is 4. The van der Waals surface area contributed by atoms with Crippen LogP contribution in [0.4, 0.5) is 0 Å². The van der Waals surface area contributed by atoms with Crippen LogP contribution in [0.15, 0.2) is 0 Å². The highest BCUT2D eigenvalue weighted by molar-refractivity contribution is 5.85. The fourth-order valence-electron chi connectivity index (χ4n) is 1.07. The normalized spacial score (nSPS) is 20.2. The smallest absolute Gasteiger partial charge is 0.322 e. The topological polar surface area (TPSA) is 61.6 Å². The molecule has 78 valence electrons. The Hall–Kier alpha value is -0.320. The molecule has 1 rings (SSSR count). The van der Waals surface area contributed by atoms with E-state index in [-0.39, 0.29) is 24.5 Å². The van der Waals surface area contributed by atoms with Gasteiger partial charge in [0.2, 0.25) is 0 Å². The predicted molar refractivity (Wildman–Crippen MR) is 50.8 cm³/mol. The zero-order valence-corrected chi connectivity index (χ0v) is 8.51. The Morgan fingerprint density at radius 3 is 2.54 bits per heavy atom. The molecule has 1 atom stereocenters. The molecule has 0 aromatic rings. The summed E-state index contributed by atoms with van der Waals surface area (Å²) in [5.41, 5.74) is 5.35. The van der Waals surface area contributed by atoms with E-state index < -0.39 is 6.04 Å². The van der Waals surface area contributed by atoms with Crippen molar-refractivity contribution in [2.45, 2.75) is 31.9 Å². The Bertz CT molecular complexity index is 157. The zero-order valence-electron chi connectivity index (χ0n) is 7.69. The van der Waals surface area contributed by atoms with Crippen molar-refractivity contribution in [2.24, 2.45) is 5.73 Å². The predicted octanol–water partition coefficient (Wildman–Crippen LogP) is 0.478. The summed E-state index contributed by atoms with van der Waals surface area (Å²) in [5, 5.41) is 0. The van der Waals surface area contributed by atoms with Gasteiger partial charge in [0.05, 0.1) is 13.2 Å². The maximum Gasteiger partial charge on any atom is 0.322 e. The van der Waals surface area contributed by atoms with E-state index in [1.165, 1.54) is 0 Å². The van der Waals surface area contributed by atoms with E-state index in [2.05, 4.69) is 0 Å². The van der Waals surface area contributed by atoms with Crippen molar-refractivity contribution < 1.29 is 14.3 Å². The van der Waals surface area contributed by atoms with E-state index in [0.717, 1.165) is 12.8 Å². The molecule has 0 radical (unpaired) electrons. The van der Waals surface area contributed by atoms with Crippen molar-refractivity contribution in [3.63, 3.8) is 0 Å². The number of ether oxygens (including phenoxy) is 2. The van der Waals surface area contributed by atoms with Crippen LogP contribution in [0.2, 0.25) is 0 Å². The monoisotopic (exact) mass is 209 g/mol. The minimum atomic E-state index is -0.521. The fourth-order valence-corrected chi connectivity index (χ4v) is 1.07. The van der Waals surface area contributed by atoms with Gasteiger partial charge >= 0.3 is 5.97 Å². The summed E-state index contributed by atoms with van der Waals surface area (Å²) in [6.45, 7) is 2.98. The van der Waals surface area contributed by atoms with Crippen LogP contribution in [0, 0.1) is 0 Å². The molecule has 13 heavy (non-hydrogen) atoms. The van der Waals surface area contributed by atoms with Crippen LogP contribution in [0.1, 0.15) is 19.8 Å². The minimum absolute atomic E-state index is 0. The fraction of sp³-hybridized carbons (Fsp3) is 0.875. The number of hydrogen-bond donors (Lipinski definition) is 1. The van der Waals surface area contributed by atoms with Crippen LogP contribution in [-0.4, -0.2) is 31.3 Å². The number of halogens is 1. The number of nitrogens with two attached hydrogens (primary N) is 1. The standard InChI is InChI=1S/C8H15NO3.ClH/c1-6(9)8(10)12-7-2-4-11-5-3-7;/h6-7H,2-5,9H2,1H3;1H/t6-;/m0./s1. The van der Waals surface area contributed by atoms with Crippen molar-refractivity contribution in [3.05, 3.63) is 0 Å². The van der Waals surface area contributed by atoms with Gasteiger partial charge in [0.25, 0.3) is 0 Å². The van der Waals surface area contributed by atoms with Gasteiger partial charge in [-0.2, -0.15) is 0 Å². The molecule has 1 aliphatic rings. The van der Waals surface area contributed by atoms with Gasteiger partial charge < -0.3 is 15.2 Å². The second-order valence-corrected chi connectivity index (χ2v) is 3.04. The van der Waals surface area contributed by atoms with E-state index >= 15 is 0 Å². The average molecular weight is 210 g/mol. The number of carbonyl (C=O) groups is 1. The molecule has 0 saturated carbocycles. The molecular weight excluding hydrogens is 194 g/mol. The lowest BCUT2D eigenvalue weighted by Gasteiger charge is -2.22. The maximum atomic E-state index is 11.0. The Morgan fingerprint density at radius 2 is 2.08 bits per heavy atom. The summed E-state index contributed by atoms with van der Waals surface area (Å²) in [6.07, 6.45) is 1.59. The summed E-state index contributed by atoms with van der Waals surface area (Å²) < 4.78 is 10.2. The second-order valence-electron chi connectivity index (χ2n) is 3.04. The number of carbonyl (C=O) groups excluding carboxylic acids is 1. The van der Waals surface area contributed by atoms with Crippen LogP contribution in [0.5, 0.6) is 0 Å². The summed E-state index contributed by atoms with van der Waals surface area (Å²) in [5.74, 6) is -0.318. The molecule has 1 heterocycles. The Kier molecular flexibility index (Phi) is 6.03. The molecule has 1 fully saturated rings. The molecule has 0 aromatic heterocycles. The molecule has 0 unspecified atom stereocenters. The zero-order chi connectivity index (χ0) is 8.97. The molecule has 0 aromatic carbocycles. The number of esters is 1. The second kappa shape index (κ2) is 6.18. The van der Waals surface area contributed by atoms with Crippen LogP contribution in [-0.2, 0) is 14.3 Å². The first kappa shape index (κ1) is 12.7. The van der Waals surface area contributed by atoms with Crippen molar-refractivity contribution in [1.29, 1.82) is 0 Å². The first-order valence-corrected chi connectivity index (χ1v) is 4.24. The largest absolute Gasteiger partial charge is 0.461 e. The summed E-state index contributed by atoms with van der Waals surface area (Å²) in [4.78, 5) is 11.0. The van der Waals surface area contributed by atoms with E-state index in [1.54, 1.807) is 6.92 Å². The molecule has 0 aliphatic carbocycles. The van der Waals surface area contributed by atoms with Gasteiger partial charge in [0.15, 0.2) is 0 Å². The molecule has 5 heteroatoms. The van der Waals surface area contributed by atoms with Gasteiger partial charge in [-0.15, -0.1) is 12.4 Å². The molecule has 0 bridgehead atoms. The summed E-state index contributed by atoms with van der Waals surface area (Å²) >= 11 is 0.